The number of hydrogen-bond donors (Lipinski definition) is 1. The van der Waals surface area contributed by atoms with Gasteiger partial charge in [0.25, 0.3) is 0 Å². The van der Waals surface area contributed by atoms with Gasteiger partial charge in [0.15, 0.2) is 0 Å². The van der Waals surface area contributed by atoms with Crippen molar-refractivity contribution in [3.05, 3.63) is 38.7 Å². The molecule has 1 aromatic carbocycles. The van der Waals surface area contributed by atoms with Crippen molar-refractivity contribution < 1.29 is 4.74 Å². The summed E-state index contributed by atoms with van der Waals surface area (Å²) in [7, 11) is 0. The van der Waals surface area contributed by atoms with Crippen LogP contribution in [0.25, 0.3) is 5.69 Å². The van der Waals surface area contributed by atoms with Crippen LogP contribution in [-0.4, -0.2) is 29.3 Å². The predicted molar refractivity (Wildman–Crippen MR) is 95.6 cm³/mol. The molecule has 1 heterocycles. The second kappa shape index (κ2) is 8.00. The van der Waals surface area contributed by atoms with E-state index in [9.17, 15) is 0 Å². The first-order valence-electron chi connectivity index (χ1n) is 6.95. The van der Waals surface area contributed by atoms with E-state index in [-0.39, 0.29) is 0 Å². The summed E-state index contributed by atoms with van der Waals surface area (Å²) < 4.78 is 8.50. The number of nitrogens with one attached hydrogen (secondary N) is 1. The molecular weight excluding hydrogens is 401 g/mol. The minimum absolute atomic E-state index is 0.742. The van der Waals surface area contributed by atoms with Crippen LogP contribution in [0.4, 0.5) is 5.95 Å². The van der Waals surface area contributed by atoms with Crippen molar-refractivity contribution in [1.82, 2.24) is 9.55 Å². The molecule has 1 N–H and O–H groups in total. The van der Waals surface area contributed by atoms with Crippen LogP contribution in [0.15, 0.2) is 24.4 Å². The van der Waals surface area contributed by atoms with Crippen LogP contribution in [0, 0.1) is 10.5 Å². The zero-order valence-electron chi connectivity index (χ0n) is 12.2. The monoisotopic (exact) mass is 419 g/mol. The Kier molecular flexibility index (Phi) is 6.32. The number of ether oxygens (including phenoxy) is 1. The molecule has 0 saturated carbocycles. The number of benzene rings is 1. The van der Waals surface area contributed by atoms with Crippen LogP contribution < -0.4 is 5.32 Å². The first kappa shape index (κ1) is 16.6. The quantitative estimate of drug-likeness (QED) is 0.538. The molecule has 0 radical (unpaired) electrons. The molecule has 2 rings (SSSR count). The van der Waals surface area contributed by atoms with Crippen molar-refractivity contribution in [2.75, 3.05) is 25.1 Å². The molecular formula is C15H19ClIN3O. The Hall–Kier alpha value is -0.790. The molecule has 0 bridgehead atoms. The van der Waals surface area contributed by atoms with Gasteiger partial charge in [-0.2, -0.15) is 0 Å². The molecule has 0 saturated heterocycles. The summed E-state index contributed by atoms with van der Waals surface area (Å²) in [5, 5.41) is 4.11. The minimum atomic E-state index is 0.742. The van der Waals surface area contributed by atoms with Crippen LogP contribution in [0.2, 0.25) is 5.02 Å². The summed E-state index contributed by atoms with van der Waals surface area (Å²) in [6.45, 7) is 6.36. The Morgan fingerprint density at radius 3 is 2.95 bits per heavy atom. The zero-order valence-corrected chi connectivity index (χ0v) is 15.1. The normalized spacial score (nSPS) is 10.9. The van der Waals surface area contributed by atoms with E-state index < -0.39 is 0 Å². The first-order valence-corrected chi connectivity index (χ1v) is 8.40. The Morgan fingerprint density at radius 2 is 2.24 bits per heavy atom. The number of aryl methyl sites for hydroxylation is 1. The van der Waals surface area contributed by atoms with Gasteiger partial charge in [0.05, 0.1) is 11.4 Å². The molecule has 2 aromatic rings. The lowest BCUT2D eigenvalue weighted by Gasteiger charge is -2.11. The summed E-state index contributed by atoms with van der Waals surface area (Å²) in [4.78, 5) is 4.54. The van der Waals surface area contributed by atoms with Gasteiger partial charge < -0.3 is 10.1 Å². The lowest BCUT2D eigenvalue weighted by atomic mass is 10.3. The third kappa shape index (κ3) is 4.59. The third-order valence-corrected chi connectivity index (χ3v) is 4.05. The van der Waals surface area contributed by atoms with E-state index in [0.717, 1.165) is 52.1 Å². The van der Waals surface area contributed by atoms with E-state index >= 15 is 0 Å². The Labute approximate surface area is 144 Å². The molecule has 0 aliphatic carbocycles. The van der Waals surface area contributed by atoms with E-state index in [1.807, 2.05) is 38.2 Å². The van der Waals surface area contributed by atoms with E-state index in [0.29, 0.717) is 0 Å². The summed E-state index contributed by atoms with van der Waals surface area (Å²) in [6.07, 6.45) is 2.98. The third-order valence-electron chi connectivity index (χ3n) is 2.95. The van der Waals surface area contributed by atoms with Crippen molar-refractivity contribution in [2.24, 2.45) is 0 Å². The number of nitrogens with zero attached hydrogens (tertiary/aromatic N) is 2. The maximum atomic E-state index is 6.02. The molecule has 0 amide bonds. The SMILES string of the molecule is CCOCCCNc1nc(C)cn1-c1ccc(Cl)cc1I. The largest absolute Gasteiger partial charge is 0.382 e. The molecule has 21 heavy (non-hydrogen) atoms. The summed E-state index contributed by atoms with van der Waals surface area (Å²) in [6, 6.07) is 5.86. The topological polar surface area (TPSA) is 39.1 Å². The van der Waals surface area contributed by atoms with Gasteiger partial charge in [0, 0.05) is 34.5 Å². The molecule has 114 valence electrons. The summed E-state index contributed by atoms with van der Waals surface area (Å²) >= 11 is 8.31. The van der Waals surface area contributed by atoms with Crippen molar-refractivity contribution in [3.63, 3.8) is 0 Å². The van der Waals surface area contributed by atoms with Crippen LogP contribution in [0.3, 0.4) is 0 Å². The highest BCUT2D eigenvalue weighted by Crippen LogP contribution is 2.24. The van der Waals surface area contributed by atoms with E-state index in [1.165, 1.54) is 0 Å². The Balaban J connectivity index is 2.13. The molecule has 0 unspecified atom stereocenters. The zero-order chi connectivity index (χ0) is 15.2. The average Bonchev–Trinajstić information content (AvgIpc) is 2.79. The number of anilines is 1. The maximum absolute atomic E-state index is 6.02. The van der Waals surface area contributed by atoms with Crippen LogP contribution in [-0.2, 0) is 4.74 Å². The smallest absolute Gasteiger partial charge is 0.207 e. The van der Waals surface area contributed by atoms with Crippen LogP contribution in [0.5, 0.6) is 0 Å². The van der Waals surface area contributed by atoms with Gasteiger partial charge in [0.2, 0.25) is 5.95 Å². The van der Waals surface area contributed by atoms with Gasteiger partial charge in [-0.15, -0.1) is 0 Å². The van der Waals surface area contributed by atoms with Gasteiger partial charge in [-0.3, -0.25) is 4.57 Å². The number of halogens is 2. The summed E-state index contributed by atoms with van der Waals surface area (Å²) in [5.41, 5.74) is 2.06. The van der Waals surface area contributed by atoms with Crippen molar-refractivity contribution in [1.29, 1.82) is 0 Å². The van der Waals surface area contributed by atoms with Gasteiger partial charge >= 0.3 is 0 Å². The second-order valence-electron chi connectivity index (χ2n) is 4.65. The van der Waals surface area contributed by atoms with E-state index in [2.05, 4.69) is 37.5 Å². The van der Waals surface area contributed by atoms with Crippen molar-refractivity contribution >= 4 is 40.1 Å². The molecule has 0 atom stereocenters. The van der Waals surface area contributed by atoms with Gasteiger partial charge in [0.1, 0.15) is 0 Å². The highest BCUT2D eigenvalue weighted by atomic mass is 127. The highest BCUT2D eigenvalue weighted by molar-refractivity contribution is 14.1. The highest BCUT2D eigenvalue weighted by Gasteiger charge is 2.10. The fourth-order valence-electron chi connectivity index (χ4n) is 2.00. The molecule has 4 nitrogen and oxygen atoms in total. The van der Waals surface area contributed by atoms with E-state index in [4.69, 9.17) is 16.3 Å². The molecule has 6 heteroatoms. The lowest BCUT2D eigenvalue weighted by Crippen LogP contribution is -2.10. The van der Waals surface area contributed by atoms with Crippen molar-refractivity contribution in [3.8, 4) is 5.69 Å². The maximum Gasteiger partial charge on any atom is 0.207 e. The average molecular weight is 420 g/mol. The molecule has 1 aromatic heterocycles. The predicted octanol–water partition coefficient (Wildman–Crippen LogP) is 4.28. The van der Waals surface area contributed by atoms with Crippen LogP contribution in [0.1, 0.15) is 19.0 Å². The molecule has 0 aliphatic heterocycles. The van der Waals surface area contributed by atoms with Gasteiger partial charge in [-0.1, -0.05) is 11.6 Å². The van der Waals surface area contributed by atoms with Crippen LogP contribution >= 0.6 is 34.2 Å². The summed E-state index contributed by atoms with van der Waals surface area (Å²) in [5.74, 6) is 0.851. The lowest BCUT2D eigenvalue weighted by molar-refractivity contribution is 0.147. The van der Waals surface area contributed by atoms with Gasteiger partial charge in [-0.25, -0.2) is 4.98 Å². The number of aromatic nitrogens is 2. The first-order chi connectivity index (χ1) is 10.1. The number of imidazole rings is 1. The fraction of sp³-hybridized carbons (Fsp3) is 0.400. The molecule has 0 aliphatic rings. The Morgan fingerprint density at radius 1 is 1.43 bits per heavy atom. The number of rotatable bonds is 7. The van der Waals surface area contributed by atoms with E-state index in [1.54, 1.807) is 0 Å². The standard InChI is InChI=1S/C15H19ClIN3O/c1-3-21-8-4-7-18-15-19-11(2)10-20(15)14-6-5-12(16)9-13(14)17/h5-6,9-10H,3-4,7-8H2,1-2H3,(H,18,19). The van der Waals surface area contributed by atoms with Gasteiger partial charge in [-0.05, 0) is 61.1 Å². The fourth-order valence-corrected chi connectivity index (χ4v) is 3.13. The molecule has 0 spiro atoms. The minimum Gasteiger partial charge on any atom is -0.382 e. The van der Waals surface area contributed by atoms with Crippen molar-refractivity contribution in [2.45, 2.75) is 20.3 Å². The number of hydrogen-bond acceptors (Lipinski definition) is 3. The Bertz CT molecular complexity index is 601. The molecule has 0 fully saturated rings. The second-order valence-corrected chi connectivity index (χ2v) is 6.25.